The van der Waals surface area contributed by atoms with Gasteiger partial charge in [-0.1, -0.05) is 69.6 Å². The van der Waals surface area contributed by atoms with Gasteiger partial charge in [-0.15, -0.1) is 0 Å². The molecule has 0 fully saturated rings. The van der Waals surface area contributed by atoms with Gasteiger partial charge in [-0.25, -0.2) is 0 Å². The Labute approximate surface area is 115 Å². The van der Waals surface area contributed by atoms with Gasteiger partial charge in [-0.3, -0.25) is 0 Å². The summed E-state index contributed by atoms with van der Waals surface area (Å²) in [5.74, 6) is 0. The van der Waals surface area contributed by atoms with Crippen LogP contribution in [0.4, 0.5) is 0 Å². The van der Waals surface area contributed by atoms with Gasteiger partial charge < -0.3 is 0 Å². The van der Waals surface area contributed by atoms with Crippen LogP contribution >= 0.6 is 0 Å². The van der Waals surface area contributed by atoms with Crippen molar-refractivity contribution in [3.8, 4) is 0 Å². The molecule has 18 heavy (non-hydrogen) atoms. The maximum atomic E-state index is 4.14. The molecule has 0 saturated heterocycles. The zero-order valence-electron chi connectivity index (χ0n) is 12.6. The van der Waals surface area contributed by atoms with Crippen molar-refractivity contribution in [2.75, 3.05) is 0 Å². The molecule has 0 aliphatic rings. The lowest BCUT2D eigenvalue weighted by Gasteiger charge is -2.03. The van der Waals surface area contributed by atoms with E-state index in [0.717, 1.165) is 0 Å². The first-order valence-electron chi connectivity index (χ1n) is 7.79. The highest BCUT2D eigenvalue weighted by molar-refractivity contribution is 5.02. The van der Waals surface area contributed by atoms with Gasteiger partial charge in [0.05, 0.1) is 0 Å². The molecule has 0 saturated carbocycles. The van der Waals surface area contributed by atoms with E-state index in [4.69, 9.17) is 0 Å². The van der Waals surface area contributed by atoms with Crippen LogP contribution in [0.1, 0.15) is 78.1 Å². The lowest BCUT2D eigenvalue weighted by Crippen LogP contribution is -1.83. The fraction of sp³-hybridized carbons (Fsp3) is 0.667. The number of allylic oxidation sites excluding steroid dienone is 5. The second-order valence-electron chi connectivity index (χ2n) is 5.10. The Morgan fingerprint density at radius 2 is 1.33 bits per heavy atom. The maximum Gasteiger partial charge on any atom is -0.0323 e. The van der Waals surface area contributed by atoms with Crippen molar-refractivity contribution >= 4 is 0 Å². The van der Waals surface area contributed by atoms with Gasteiger partial charge in [0.1, 0.15) is 0 Å². The molecule has 0 heterocycles. The van der Waals surface area contributed by atoms with Crippen molar-refractivity contribution in [3.05, 3.63) is 36.5 Å². The van der Waals surface area contributed by atoms with Crippen LogP contribution in [0.25, 0.3) is 0 Å². The van der Waals surface area contributed by atoms with Crippen LogP contribution < -0.4 is 0 Å². The summed E-state index contributed by atoms with van der Waals surface area (Å²) >= 11 is 0. The quantitative estimate of drug-likeness (QED) is 0.207. The van der Waals surface area contributed by atoms with Gasteiger partial charge in [-0.05, 0) is 44.9 Å². The molecule has 0 N–H and O–H groups in total. The Kier molecular flexibility index (Phi) is 13.7. The minimum atomic E-state index is 1.21. The van der Waals surface area contributed by atoms with Gasteiger partial charge in [-0.2, -0.15) is 0 Å². The smallest absolute Gasteiger partial charge is 0.0323 e. The standard InChI is InChI=1S/C18H32/c1-4-6-8-9-10-11-12-13-14-15-17-18(3)16-7-5-2/h9-12H,3-8,13-17H2,1-2H3/b10-9+,12-11-. The number of hydrogen-bond donors (Lipinski definition) is 0. The Hall–Kier alpha value is -0.780. The molecule has 104 valence electrons. The van der Waals surface area contributed by atoms with Crippen LogP contribution in [-0.4, -0.2) is 0 Å². The highest BCUT2D eigenvalue weighted by Gasteiger charge is 1.93. The Morgan fingerprint density at radius 3 is 1.94 bits per heavy atom. The number of unbranched alkanes of at least 4 members (excludes halogenated alkanes) is 5. The highest BCUT2D eigenvalue weighted by atomic mass is 14.0. The van der Waals surface area contributed by atoms with Gasteiger partial charge in [0.25, 0.3) is 0 Å². The monoisotopic (exact) mass is 248 g/mol. The third-order valence-corrected chi connectivity index (χ3v) is 3.14. The van der Waals surface area contributed by atoms with Gasteiger partial charge in [0.2, 0.25) is 0 Å². The van der Waals surface area contributed by atoms with Gasteiger partial charge in [0.15, 0.2) is 0 Å². The molecule has 0 aromatic heterocycles. The van der Waals surface area contributed by atoms with E-state index in [9.17, 15) is 0 Å². The zero-order chi connectivity index (χ0) is 13.5. The average molecular weight is 248 g/mol. The van der Waals surface area contributed by atoms with E-state index < -0.39 is 0 Å². The molecular weight excluding hydrogens is 216 g/mol. The van der Waals surface area contributed by atoms with Crippen molar-refractivity contribution in [2.24, 2.45) is 0 Å². The predicted octanol–water partition coefficient (Wildman–Crippen LogP) is 6.60. The summed E-state index contributed by atoms with van der Waals surface area (Å²) in [5, 5.41) is 0. The topological polar surface area (TPSA) is 0 Å². The van der Waals surface area contributed by atoms with Crippen LogP contribution in [0.2, 0.25) is 0 Å². The number of hydrogen-bond acceptors (Lipinski definition) is 0. The summed E-state index contributed by atoms with van der Waals surface area (Å²) in [6, 6.07) is 0. The summed E-state index contributed by atoms with van der Waals surface area (Å²) in [4.78, 5) is 0. The van der Waals surface area contributed by atoms with E-state index in [1.54, 1.807) is 0 Å². The lowest BCUT2D eigenvalue weighted by molar-refractivity contribution is 0.696. The second kappa shape index (κ2) is 14.3. The summed E-state index contributed by atoms with van der Waals surface area (Å²) in [5.41, 5.74) is 1.44. The Bertz CT molecular complexity index is 232. The first-order valence-corrected chi connectivity index (χ1v) is 7.79. The SMILES string of the molecule is C=C(CCCC)CCCC/C=C\C=C\CCCC. The van der Waals surface area contributed by atoms with Crippen molar-refractivity contribution in [3.63, 3.8) is 0 Å². The Balaban J connectivity index is 3.31. The minimum absolute atomic E-state index is 1.21. The molecule has 0 bridgehead atoms. The van der Waals surface area contributed by atoms with E-state index in [0.29, 0.717) is 0 Å². The van der Waals surface area contributed by atoms with Gasteiger partial charge >= 0.3 is 0 Å². The number of rotatable bonds is 12. The van der Waals surface area contributed by atoms with E-state index in [2.05, 4.69) is 44.7 Å². The van der Waals surface area contributed by atoms with Crippen LogP contribution in [0.5, 0.6) is 0 Å². The average Bonchev–Trinajstić information content (AvgIpc) is 2.38. The van der Waals surface area contributed by atoms with Crippen molar-refractivity contribution in [1.29, 1.82) is 0 Å². The Morgan fingerprint density at radius 1 is 0.778 bits per heavy atom. The second-order valence-corrected chi connectivity index (χ2v) is 5.10. The largest absolute Gasteiger partial charge is 0.0999 e. The van der Waals surface area contributed by atoms with E-state index in [1.165, 1.54) is 69.8 Å². The molecule has 0 aromatic rings. The van der Waals surface area contributed by atoms with Crippen LogP contribution in [-0.2, 0) is 0 Å². The molecule has 0 atom stereocenters. The molecule has 0 heteroatoms. The zero-order valence-corrected chi connectivity index (χ0v) is 12.6. The molecule has 0 unspecified atom stereocenters. The predicted molar refractivity (Wildman–Crippen MR) is 84.9 cm³/mol. The van der Waals surface area contributed by atoms with E-state index in [1.807, 2.05) is 0 Å². The summed E-state index contributed by atoms with van der Waals surface area (Å²) in [7, 11) is 0. The molecule has 0 rings (SSSR count). The molecular formula is C18H32. The molecule has 0 nitrogen and oxygen atoms in total. The van der Waals surface area contributed by atoms with Crippen molar-refractivity contribution in [1.82, 2.24) is 0 Å². The van der Waals surface area contributed by atoms with E-state index in [-0.39, 0.29) is 0 Å². The molecule has 0 aliphatic carbocycles. The van der Waals surface area contributed by atoms with Gasteiger partial charge in [0, 0.05) is 0 Å². The fourth-order valence-electron chi connectivity index (χ4n) is 1.86. The maximum absolute atomic E-state index is 4.14. The molecule has 0 aliphatic heterocycles. The lowest BCUT2D eigenvalue weighted by atomic mass is 10.0. The molecule has 0 radical (unpaired) electrons. The van der Waals surface area contributed by atoms with Crippen molar-refractivity contribution < 1.29 is 0 Å². The third kappa shape index (κ3) is 13.3. The fourth-order valence-corrected chi connectivity index (χ4v) is 1.86. The van der Waals surface area contributed by atoms with Crippen LogP contribution in [0.3, 0.4) is 0 Å². The third-order valence-electron chi connectivity index (χ3n) is 3.14. The molecule has 0 spiro atoms. The molecule has 0 amide bonds. The molecule has 0 aromatic carbocycles. The van der Waals surface area contributed by atoms with Crippen molar-refractivity contribution in [2.45, 2.75) is 78.1 Å². The minimum Gasteiger partial charge on any atom is -0.0999 e. The first kappa shape index (κ1) is 17.2. The van der Waals surface area contributed by atoms with E-state index >= 15 is 0 Å². The summed E-state index contributed by atoms with van der Waals surface area (Å²) in [6.45, 7) is 8.62. The summed E-state index contributed by atoms with van der Waals surface area (Å²) < 4.78 is 0. The van der Waals surface area contributed by atoms with Crippen LogP contribution in [0, 0.1) is 0 Å². The first-order chi connectivity index (χ1) is 8.81. The highest BCUT2D eigenvalue weighted by Crippen LogP contribution is 2.13. The van der Waals surface area contributed by atoms with Crippen LogP contribution in [0.15, 0.2) is 36.5 Å². The normalized spacial score (nSPS) is 11.7. The summed E-state index contributed by atoms with van der Waals surface area (Å²) in [6.07, 6.45) is 21.6.